The van der Waals surface area contributed by atoms with Crippen LogP contribution in [0, 0.1) is 0 Å². The molecule has 2 aromatic rings. The van der Waals surface area contributed by atoms with Crippen molar-refractivity contribution in [1.82, 2.24) is 15.0 Å². The summed E-state index contributed by atoms with van der Waals surface area (Å²) < 4.78 is 0. The minimum Gasteiger partial charge on any atom is -0.356 e. The Morgan fingerprint density at radius 2 is 2.06 bits per heavy atom. The van der Waals surface area contributed by atoms with Crippen LogP contribution in [0.15, 0.2) is 17.4 Å². The number of halogens is 1. The number of hydrogen-bond donors (Lipinski definition) is 0. The van der Waals surface area contributed by atoms with E-state index >= 15 is 0 Å². The lowest BCUT2D eigenvalue weighted by molar-refractivity contribution is 0.938. The van der Waals surface area contributed by atoms with Gasteiger partial charge in [0.25, 0.3) is 0 Å². The molecule has 1 aliphatic heterocycles. The molecule has 1 fully saturated rings. The normalized spacial score (nSPS) is 15.6. The molecule has 0 aromatic carbocycles. The van der Waals surface area contributed by atoms with Crippen molar-refractivity contribution in [3.63, 3.8) is 0 Å². The molecular weight excluding hydrogens is 268 g/mol. The van der Waals surface area contributed by atoms with E-state index in [9.17, 15) is 0 Å². The van der Waals surface area contributed by atoms with Crippen LogP contribution in [0.2, 0.25) is 5.15 Å². The molecule has 0 N–H and O–H groups in total. The van der Waals surface area contributed by atoms with Crippen LogP contribution in [-0.4, -0.2) is 34.3 Å². The number of anilines is 1. The maximum Gasteiger partial charge on any atom is 0.187 e. The number of rotatable bonds is 2. The summed E-state index contributed by atoms with van der Waals surface area (Å²) in [5, 5.41) is 2.24. The Morgan fingerprint density at radius 1 is 1.28 bits per heavy atom. The standard InChI is InChI=1S/C12H13ClN4S/c1-18-12-14-7-8-9(15-12)6-10(13)16-11(8)17-4-2-3-5-17/h6-7H,2-5H2,1H3. The van der Waals surface area contributed by atoms with Gasteiger partial charge in [-0.25, -0.2) is 15.0 Å². The quantitative estimate of drug-likeness (QED) is 0.481. The second kappa shape index (κ2) is 4.90. The second-order valence-corrected chi connectivity index (χ2v) is 5.41. The Kier molecular flexibility index (Phi) is 3.26. The molecule has 0 radical (unpaired) electrons. The highest BCUT2D eigenvalue weighted by atomic mass is 35.5. The summed E-state index contributed by atoms with van der Waals surface area (Å²) in [5.74, 6) is 0.919. The smallest absolute Gasteiger partial charge is 0.187 e. The lowest BCUT2D eigenvalue weighted by Crippen LogP contribution is -2.19. The van der Waals surface area contributed by atoms with E-state index in [4.69, 9.17) is 11.6 Å². The SMILES string of the molecule is CSc1ncc2c(N3CCCC3)nc(Cl)cc2n1. The monoisotopic (exact) mass is 280 g/mol. The van der Waals surface area contributed by atoms with Gasteiger partial charge in [0.2, 0.25) is 0 Å². The minimum atomic E-state index is 0.496. The summed E-state index contributed by atoms with van der Waals surface area (Å²) in [5.41, 5.74) is 0.872. The van der Waals surface area contributed by atoms with Crippen LogP contribution in [0.5, 0.6) is 0 Å². The fraction of sp³-hybridized carbons (Fsp3) is 0.417. The molecule has 3 rings (SSSR count). The lowest BCUT2D eigenvalue weighted by atomic mass is 10.3. The van der Waals surface area contributed by atoms with Crippen molar-refractivity contribution in [2.45, 2.75) is 18.0 Å². The first kappa shape index (κ1) is 12.0. The zero-order valence-electron chi connectivity index (χ0n) is 10.1. The van der Waals surface area contributed by atoms with E-state index in [1.165, 1.54) is 24.6 Å². The zero-order chi connectivity index (χ0) is 12.5. The second-order valence-electron chi connectivity index (χ2n) is 4.25. The van der Waals surface area contributed by atoms with E-state index in [0.717, 1.165) is 35.0 Å². The Balaban J connectivity index is 2.17. The maximum atomic E-state index is 6.09. The summed E-state index contributed by atoms with van der Waals surface area (Å²) in [6, 6.07) is 1.80. The zero-order valence-corrected chi connectivity index (χ0v) is 11.6. The van der Waals surface area contributed by atoms with Crippen LogP contribution in [0.25, 0.3) is 10.9 Å². The number of fused-ring (bicyclic) bond motifs is 1. The van der Waals surface area contributed by atoms with E-state index in [1.54, 1.807) is 6.07 Å². The van der Waals surface area contributed by atoms with Crippen LogP contribution in [0.4, 0.5) is 5.82 Å². The summed E-state index contributed by atoms with van der Waals surface area (Å²) in [4.78, 5) is 15.5. The molecule has 0 spiro atoms. The molecule has 0 aliphatic carbocycles. The van der Waals surface area contributed by atoms with E-state index < -0.39 is 0 Å². The van der Waals surface area contributed by atoms with Crippen molar-refractivity contribution in [2.24, 2.45) is 0 Å². The number of nitrogens with zero attached hydrogens (tertiary/aromatic N) is 4. The third-order valence-electron chi connectivity index (χ3n) is 3.09. The highest BCUT2D eigenvalue weighted by Crippen LogP contribution is 2.29. The van der Waals surface area contributed by atoms with E-state index in [2.05, 4.69) is 19.9 Å². The number of thioether (sulfide) groups is 1. The van der Waals surface area contributed by atoms with Gasteiger partial charge in [-0.05, 0) is 19.1 Å². The summed E-state index contributed by atoms with van der Waals surface area (Å²) >= 11 is 7.62. The van der Waals surface area contributed by atoms with Crippen molar-refractivity contribution in [3.05, 3.63) is 17.4 Å². The van der Waals surface area contributed by atoms with Gasteiger partial charge in [-0.3, -0.25) is 0 Å². The molecule has 0 bridgehead atoms. The van der Waals surface area contributed by atoms with Crippen molar-refractivity contribution in [1.29, 1.82) is 0 Å². The molecule has 18 heavy (non-hydrogen) atoms. The Morgan fingerprint density at radius 3 is 2.78 bits per heavy atom. The van der Waals surface area contributed by atoms with Gasteiger partial charge >= 0.3 is 0 Å². The van der Waals surface area contributed by atoms with Crippen LogP contribution in [-0.2, 0) is 0 Å². The molecule has 94 valence electrons. The van der Waals surface area contributed by atoms with Gasteiger partial charge < -0.3 is 4.90 Å². The summed E-state index contributed by atoms with van der Waals surface area (Å²) in [6.07, 6.45) is 6.23. The van der Waals surface area contributed by atoms with Gasteiger partial charge in [-0.1, -0.05) is 23.4 Å². The third-order valence-corrected chi connectivity index (χ3v) is 3.85. The lowest BCUT2D eigenvalue weighted by Gasteiger charge is -2.18. The largest absolute Gasteiger partial charge is 0.356 e. The number of aromatic nitrogens is 3. The summed E-state index contributed by atoms with van der Waals surface area (Å²) in [6.45, 7) is 2.07. The van der Waals surface area contributed by atoms with Crippen molar-refractivity contribution in [3.8, 4) is 0 Å². The van der Waals surface area contributed by atoms with Gasteiger partial charge in [0, 0.05) is 25.4 Å². The molecule has 6 heteroatoms. The van der Waals surface area contributed by atoms with Crippen molar-refractivity contribution in [2.75, 3.05) is 24.2 Å². The van der Waals surface area contributed by atoms with Crippen LogP contribution >= 0.6 is 23.4 Å². The van der Waals surface area contributed by atoms with Crippen LogP contribution in [0.1, 0.15) is 12.8 Å². The molecule has 1 saturated heterocycles. The van der Waals surface area contributed by atoms with Crippen molar-refractivity contribution < 1.29 is 0 Å². The molecule has 0 saturated carbocycles. The van der Waals surface area contributed by atoms with E-state index in [0.29, 0.717) is 5.15 Å². The highest BCUT2D eigenvalue weighted by molar-refractivity contribution is 7.98. The first-order chi connectivity index (χ1) is 8.78. The third kappa shape index (κ3) is 2.12. The van der Waals surface area contributed by atoms with Gasteiger partial charge in [-0.15, -0.1) is 0 Å². The molecule has 0 amide bonds. The van der Waals surface area contributed by atoms with E-state index in [1.807, 2.05) is 12.5 Å². The first-order valence-corrected chi connectivity index (χ1v) is 7.50. The molecule has 0 atom stereocenters. The molecule has 4 nitrogen and oxygen atoms in total. The highest BCUT2D eigenvalue weighted by Gasteiger charge is 2.18. The van der Waals surface area contributed by atoms with Crippen molar-refractivity contribution >= 4 is 40.1 Å². The average molecular weight is 281 g/mol. The van der Waals surface area contributed by atoms with Gasteiger partial charge in [0.1, 0.15) is 11.0 Å². The van der Waals surface area contributed by atoms with Crippen LogP contribution < -0.4 is 4.90 Å². The Bertz CT molecular complexity index is 584. The minimum absolute atomic E-state index is 0.496. The predicted octanol–water partition coefficient (Wildman–Crippen LogP) is 3.00. The van der Waals surface area contributed by atoms with Crippen LogP contribution in [0.3, 0.4) is 0 Å². The molecule has 1 aliphatic rings. The van der Waals surface area contributed by atoms with Gasteiger partial charge in [-0.2, -0.15) is 0 Å². The fourth-order valence-corrected chi connectivity index (χ4v) is 2.77. The predicted molar refractivity (Wildman–Crippen MR) is 75.6 cm³/mol. The Labute approximate surface area is 115 Å². The molecule has 3 heterocycles. The van der Waals surface area contributed by atoms with Gasteiger partial charge in [0.15, 0.2) is 5.16 Å². The van der Waals surface area contributed by atoms with E-state index in [-0.39, 0.29) is 0 Å². The maximum absolute atomic E-state index is 6.09. The number of pyridine rings is 1. The molecular formula is C12H13ClN4S. The Hall–Kier alpha value is -1.07. The molecule has 0 unspecified atom stereocenters. The first-order valence-electron chi connectivity index (χ1n) is 5.90. The number of hydrogen-bond acceptors (Lipinski definition) is 5. The fourth-order valence-electron chi connectivity index (χ4n) is 2.24. The average Bonchev–Trinajstić information content (AvgIpc) is 2.90. The summed E-state index contributed by atoms with van der Waals surface area (Å²) in [7, 11) is 0. The topological polar surface area (TPSA) is 41.9 Å². The molecule has 2 aromatic heterocycles. The van der Waals surface area contributed by atoms with Gasteiger partial charge in [0.05, 0.1) is 10.9 Å².